The molecule has 150 valence electrons. The van der Waals surface area contributed by atoms with Crippen molar-refractivity contribution < 1.29 is 9.13 Å². The van der Waals surface area contributed by atoms with Gasteiger partial charge in [-0.2, -0.15) is 5.10 Å². The molecule has 0 saturated heterocycles. The van der Waals surface area contributed by atoms with Gasteiger partial charge in [0.15, 0.2) is 0 Å². The molecular weight excluding hydrogens is 365 g/mol. The zero-order valence-corrected chi connectivity index (χ0v) is 17.3. The number of hydrogen-bond acceptors (Lipinski definition) is 3. The van der Waals surface area contributed by atoms with E-state index in [1.807, 2.05) is 54.1 Å². The van der Waals surface area contributed by atoms with Crippen LogP contribution in [0, 0.1) is 6.92 Å². The van der Waals surface area contributed by atoms with E-state index in [-0.39, 0.29) is 0 Å². The van der Waals surface area contributed by atoms with Gasteiger partial charge in [-0.15, -0.1) is 0 Å². The van der Waals surface area contributed by atoms with Crippen LogP contribution < -0.4 is 4.74 Å². The molecule has 3 aromatic rings. The number of aliphatic imine (C=N–C) groups is 1. The Labute approximate surface area is 171 Å². The number of alkyl halides is 1. The molecule has 0 unspecified atom stereocenters. The molecule has 2 aromatic carbocycles. The monoisotopic (exact) mass is 391 g/mol. The topological polar surface area (TPSA) is 39.4 Å². The molecular formula is C24H26FN3O. The second kappa shape index (κ2) is 8.43. The van der Waals surface area contributed by atoms with Crippen molar-refractivity contribution in [3.8, 4) is 5.75 Å². The van der Waals surface area contributed by atoms with Gasteiger partial charge in [-0.25, -0.2) is 4.39 Å². The standard InChI is InChI=1S/C24H26FN3O/c1-17-14-22(27-28(17)16-19-6-12-23(29-5)13-7-19)15-26-18(2)20-8-10-21(11-9-20)24(3,4)25/h6-15H,2,16H2,1,3-5H3. The first-order chi connectivity index (χ1) is 13.8. The summed E-state index contributed by atoms with van der Waals surface area (Å²) in [5.74, 6) is 0.834. The van der Waals surface area contributed by atoms with Gasteiger partial charge >= 0.3 is 0 Å². The third-order valence-corrected chi connectivity index (χ3v) is 4.75. The van der Waals surface area contributed by atoms with Crippen LogP contribution in [0.3, 0.4) is 0 Å². The summed E-state index contributed by atoms with van der Waals surface area (Å²) < 4.78 is 21.1. The Hall–Kier alpha value is -3.21. The van der Waals surface area contributed by atoms with E-state index in [9.17, 15) is 4.39 Å². The zero-order chi connectivity index (χ0) is 21.0. The molecule has 0 radical (unpaired) electrons. The molecule has 0 bridgehead atoms. The molecule has 0 saturated carbocycles. The van der Waals surface area contributed by atoms with E-state index in [4.69, 9.17) is 4.74 Å². The fourth-order valence-electron chi connectivity index (χ4n) is 2.94. The summed E-state index contributed by atoms with van der Waals surface area (Å²) >= 11 is 0. The van der Waals surface area contributed by atoms with Crippen molar-refractivity contribution in [1.82, 2.24) is 9.78 Å². The van der Waals surface area contributed by atoms with E-state index in [1.54, 1.807) is 39.3 Å². The molecule has 0 atom stereocenters. The van der Waals surface area contributed by atoms with Crippen molar-refractivity contribution >= 4 is 11.9 Å². The molecule has 0 fully saturated rings. The van der Waals surface area contributed by atoms with E-state index in [0.29, 0.717) is 17.8 Å². The van der Waals surface area contributed by atoms with Gasteiger partial charge in [0, 0.05) is 5.69 Å². The van der Waals surface area contributed by atoms with Crippen LogP contribution in [0.25, 0.3) is 5.70 Å². The zero-order valence-electron chi connectivity index (χ0n) is 17.3. The summed E-state index contributed by atoms with van der Waals surface area (Å²) in [5, 5.41) is 4.61. The van der Waals surface area contributed by atoms with Gasteiger partial charge in [0.2, 0.25) is 0 Å². The van der Waals surface area contributed by atoms with Crippen LogP contribution in [0.2, 0.25) is 0 Å². The fourth-order valence-corrected chi connectivity index (χ4v) is 2.94. The molecule has 29 heavy (non-hydrogen) atoms. The molecule has 0 amide bonds. The Morgan fingerprint density at radius 1 is 1.17 bits per heavy atom. The highest BCUT2D eigenvalue weighted by molar-refractivity contribution is 5.83. The number of ether oxygens (including phenoxy) is 1. The van der Waals surface area contributed by atoms with Crippen molar-refractivity contribution in [2.24, 2.45) is 4.99 Å². The summed E-state index contributed by atoms with van der Waals surface area (Å²) in [4.78, 5) is 4.44. The van der Waals surface area contributed by atoms with E-state index >= 15 is 0 Å². The molecule has 4 nitrogen and oxygen atoms in total. The summed E-state index contributed by atoms with van der Waals surface area (Å²) in [6.45, 7) is 9.78. The normalized spacial score (nSPS) is 11.8. The largest absolute Gasteiger partial charge is 0.497 e. The van der Waals surface area contributed by atoms with Crippen LogP contribution in [0.4, 0.5) is 4.39 Å². The maximum absolute atomic E-state index is 14.0. The highest BCUT2D eigenvalue weighted by atomic mass is 19.1. The first-order valence-electron chi connectivity index (χ1n) is 9.46. The number of hydrogen-bond donors (Lipinski definition) is 0. The van der Waals surface area contributed by atoms with Crippen molar-refractivity contribution in [3.05, 3.63) is 89.3 Å². The first-order valence-corrected chi connectivity index (χ1v) is 9.46. The first kappa shape index (κ1) is 20.5. The minimum absolute atomic E-state index is 0.607. The van der Waals surface area contributed by atoms with Gasteiger partial charge in [-0.1, -0.05) is 43.0 Å². The minimum Gasteiger partial charge on any atom is -0.497 e. The third-order valence-electron chi connectivity index (χ3n) is 4.75. The van der Waals surface area contributed by atoms with Crippen LogP contribution in [-0.2, 0) is 12.2 Å². The average Bonchev–Trinajstić information content (AvgIpc) is 3.05. The van der Waals surface area contributed by atoms with Crippen molar-refractivity contribution in [2.45, 2.75) is 33.0 Å². The number of nitrogens with zero attached hydrogens (tertiary/aromatic N) is 3. The smallest absolute Gasteiger partial charge is 0.130 e. The number of benzene rings is 2. The maximum atomic E-state index is 14.0. The van der Waals surface area contributed by atoms with E-state index < -0.39 is 5.67 Å². The number of aromatic nitrogens is 2. The van der Waals surface area contributed by atoms with Gasteiger partial charge in [0.1, 0.15) is 17.1 Å². The van der Waals surface area contributed by atoms with E-state index in [2.05, 4.69) is 16.7 Å². The number of aryl methyl sites for hydroxylation is 1. The van der Waals surface area contributed by atoms with E-state index in [1.165, 1.54) is 0 Å². The highest BCUT2D eigenvalue weighted by Gasteiger charge is 2.18. The average molecular weight is 391 g/mol. The van der Waals surface area contributed by atoms with Crippen molar-refractivity contribution in [3.63, 3.8) is 0 Å². The summed E-state index contributed by atoms with van der Waals surface area (Å²) in [5.41, 5.74) is 3.67. The predicted molar refractivity (Wildman–Crippen MR) is 116 cm³/mol. The Balaban J connectivity index is 1.69. The third kappa shape index (κ3) is 5.19. The SMILES string of the molecule is C=C(N=Cc1cc(C)n(Cc2ccc(OC)cc2)n1)c1ccc(C(C)(C)F)cc1. The Kier molecular flexibility index (Phi) is 5.97. The Morgan fingerprint density at radius 2 is 1.83 bits per heavy atom. The highest BCUT2D eigenvalue weighted by Crippen LogP contribution is 2.26. The van der Waals surface area contributed by atoms with Crippen LogP contribution in [-0.4, -0.2) is 23.1 Å². The molecule has 0 aliphatic carbocycles. The maximum Gasteiger partial charge on any atom is 0.130 e. The van der Waals surface area contributed by atoms with Crippen LogP contribution >= 0.6 is 0 Å². The van der Waals surface area contributed by atoms with Gasteiger partial charge in [0.25, 0.3) is 0 Å². The van der Waals surface area contributed by atoms with Gasteiger partial charge in [-0.3, -0.25) is 9.67 Å². The molecule has 1 aromatic heterocycles. The lowest BCUT2D eigenvalue weighted by Crippen LogP contribution is -2.08. The second-order valence-electron chi connectivity index (χ2n) is 7.47. The number of methoxy groups -OCH3 is 1. The van der Waals surface area contributed by atoms with Crippen molar-refractivity contribution in [1.29, 1.82) is 0 Å². The van der Waals surface area contributed by atoms with Crippen LogP contribution in [0.5, 0.6) is 5.75 Å². The molecule has 0 aliphatic heterocycles. The molecule has 0 aliphatic rings. The molecule has 3 rings (SSSR count). The van der Waals surface area contributed by atoms with Gasteiger partial charge in [0.05, 0.1) is 25.6 Å². The van der Waals surface area contributed by atoms with Gasteiger partial charge < -0.3 is 4.74 Å². The molecule has 0 spiro atoms. The lowest BCUT2D eigenvalue weighted by molar-refractivity contribution is 0.221. The molecule has 5 heteroatoms. The molecule has 0 N–H and O–H groups in total. The second-order valence-corrected chi connectivity index (χ2v) is 7.47. The lowest BCUT2D eigenvalue weighted by Gasteiger charge is -2.14. The van der Waals surface area contributed by atoms with Crippen molar-refractivity contribution in [2.75, 3.05) is 7.11 Å². The summed E-state index contributed by atoms with van der Waals surface area (Å²) in [6.07, 6.45) is 1.70. The Morgan fingerprint density at radius 3 is 2.41 bits per heavy atom. The van der Waals surface area contributed by atoms with Crippen LogP contribution in [0.15, 0.2) is 66.2 Å². The Bertz CT molecular complexity index is 1010. The number of rotatable bonds is 7. The lowest BCUT2D eigenvalue weighted by atomic mass is 9.98. The summed E-state index contributed by atoms with van der Waals surface area (Å²) in [7, 11) is 1.66. The summed E-state index contributed by atoms with van der Waals surface area (Å²) in [6, 6.07) is 17.1. The number of halogens is 1. The molecule has 1 heterocycles. The van der Waals surface area contributed by atoms with Crippen LogP contribution in [0.1, 0.15) is 41.9 Å². The van der Waals surface area contributed by atoms with E-state index in [0.717, 1.165) is 28.3 Å². The minimum atomic E-state index is -1.36. The quantitative estimate of drug-likeness (QED) is 0.496. The fraction of sp³-hybridized carbons (Fsp3) is 0.250. The van der Waals surface area contributed by atoms with Gasteiger partial charge in [-0.05, 0) is 55.7 Å². The predicted octanol–water partition coefficient (Wildman–Crippen LogP) is 5.54.